The first-order chi connectivity index (χ1) is 14.6. The van der Waals surface area contributed by atoms with Crippen LogP contribution in [0.15, 0.2) is 48.5 Å². The molecule has 1 heterocycles. The molecule has 0 aliphatic rings. The van der Waals surface area contributed by atoms with E-state index in [2.05, 4.69) is 48.9 Å². The molecular weight excluding hydrogens is 386 g/mol. The van der Waals surface area contributed by atoms with E-state index < -0.39 is 5.41 Å². The van der Waals surface area contributed by atoms with Crippen LogP contribution in [0.2, 0.25) is 0 Å². The zero-order chi connectivity index (χ0) is 22.6. The van der Waals surface area contributed by atoms with E-state index in [1.807, 2.05) is 51.1 Å². The van der Waals surface area contributed by atoms with Gasteiger partial charge in [0.1, 0.15) is 11.6 Å². The number of nitrogens with zero attached hydrogens (tertiary/aromatic N) is 2. The van der Waals surface area contributed by atoms with E-state index in [-0.39, 0.29) is 11.3 Å². The molecule has 0 fully saturated rings. The lowest BCUT2D eigenvalue weighted by Gasteiger charge is -2.19. The number of carbonyl (C=O) groups is 1. The normalized spacial score (nSPS) is 12.2. The molecule has 0 saturated heterocycles. The Hall–Kier alpha value is -2.82. The van der Waals surface area contributed by atoms with Crippen molar-refractivity contribution < 1.29 is 9.53 Å². The molecule has 0 spiro atoms. The van der Waals surface area contributed by atoms with Crippen molar-refractivity contribution in [1.29, 1.82) is 0 Å². The maximum atomic E-state index is 12.3. The largest absolute Gasteiger partial charge is 0.494 e. The van der Waals surface area contributed by atoms with E-state index in [9.17, 15) is 4.79 Å². The summed E-state index contributed by atoms with van der Waals surface area (Å²) in [6.45, 7) is 14.2. The standard InChI is InChI=1S/C26H35N3O2/c1-25(2,3)19-12-14-20(15-13-19)31-17-9-16-29-22-11-8-7-10-21(22)28-23(29)18-27-24(30)26(4,5)6/h7-8,10-15H,9,16-18H2,1-6H3,(H,27,30). The summed E-state index contributed by atoms with van der Waals surface area (Å²) in [7, 11) is 0. The van der Waals surface area contributed by atoms with Crippen molar-refractivity contribution in [3.8, 4) is 5.75 Å². The van der Waals surface area contributed by atoms with Crippen molar-refractivity contribution in [1.82, 2.24) is 14.9 Å². The van der Waals surface area contributed by atoms with Gasteiger partial charge in [-0.2, -0.15) is 0 Å². The Balaban J connectivity index is 1.63. The number of fused-ring (bicyclic) bond motifs is 1. The number of hydrogen-bond acceptors (Lipinski definition) is 3. The summed E-state index contributed by atoms with van der Waals surface area (Å²) in [5, 5.41) is 3.02. The van der Waals surface area contributed by atoms with Crippen LogP contribution in [-0.2, 0) is 23.3 Å². The number of carbonyl (C=O) groups excluding carboxylic acids is 1. The number of ether oxygens (including phenoxy) is 1. The molecule has 5 nitrogen and oxygen atoms in total. The Morgan fingerprint density at radius 1 is 1.00 bits per heavy atom. The van der Waals surface area contributed by atoms with E-state index in [0.29, 0.717) is 13.2 Å². The highest BCUT2D eigenvalue weighted by molar-refractivity contribution is 5.81. The highest BCUT2D eigenvalue weighted by atomic mass is 16.5. The van der Waals surface area contributed by atoms with Crippen LogP contribution in [0, 0.1) is 5.41 Å². The topological polar surface area (TPSA) is 56.2 Å². The molecule has 1 N–H and O–H groups in total. The average molecular weight is 422 g/mol. The van der Waals surface area contributed by atoms with Crippen LogP contribution < -0.4 is 10.1 Å². The lowest BCUT2D eigenvalue weighted by atomic mass is 9.87. The van der Waals surface area contributed by atoms with Gasteiger partial charge in [-0.1, -0.05) is 65.8 Å². The maximum Gasteiger partial charge on any atom is 0.225 e. The van der Waals surface area contributed by atoms with E-state index in [4.69, 9.17) is 9.72 Å². The molecule has 3 aromatic rings. The number of hydrogen-bond donors (Lipinski definition) is 1. The van der Waals surface area contributed by atoms with Gasteiger partial charge in [0.2, 0.25) is 5.91 Å². The van der Waals surface area contributed by atoms with Gasteiger partial charge in [0.05, 0.1) is 24.2 Å². The number of rotatable bonds is 7. The summed E-state index contributed by atoms with van der Waals surface area (Å²) in [6, 6.07) is 16.4. The van der Waals surface area contributed by atoms with Gasteiger partial charge in [-0.05, 0) is 41.7 Å². The second-order valence-corrected chi connectivity index (χ2v) is 10.1. The lowest BCUT2D eigenvalue weighted by molar-refractivity contribution is -0.128. The van der Waals surface area contributed by atoms with E-state index in [1.54, 1.807) is 0 Å². The first kappa shape index (κ1) is 22.9. The molecule has 0 saturated carbocycles. The monoisotopic (exact) mass is 421 g/mol. The summed E-state index contributed by atoms with van der Waals surface area (Å²) in [4.78, 5) is 17.0. The van der Waals surface area contributed by atoms with Crippen molar-refractivity contribution in [2.45, 2.75) is 66.5 Å². The predicted octanol–water partition coefficient (Wildman–Crippen LogP) is 5.47. The van der Waals surface area contributed by atoms with E-state index in [0.717, 1.165) is 35.6 Å². The van der Waals surface area contributed by atoms with Gasteiger partial charge in [0, 0.05) is 12.0 Å². The average Bonchev–Trinajstić information content (AvgIpc) is 3.06. The predicted molar refractivity (Wildman–Crippen MR) is 126 cm³/mol. The van der Waals surface area contributed by atoms with Crippen LogP contribution in [0.1, 0.15) is 59.4 Å². The fourth-order valence-electron chi connectivity index (χ4n) is 3.40. The molecule has 2 aromatic carbocycles. The molecule has 1 aromatic heterocycles. The van der Waals surface area contributed by atoms with Gasteiger partial charge in [-0.3, -0.25) is 4.79 Å². The minimum atomic E-state index is -0.423. The number of nitrogens with one attached hydrogen (secondary N) is 1. The Morgan fingerprint density at radius 3 is 2.32 bits per heavy atom. The highest BCUT2D eigenvalue weighted by Gasteiger charge is 2.21. The number of amides is 1. The maximum absolute atomic E-state index is 12.3. The Labute approximate surface area is 185 Å². The second kappa shape index (κ2) is 9.13. The van der Waals surface area contributed by atoms with Crippen LogP contribution in [0.25, 0.3) is 11.0 Å². The Kier molecular flexibility index (Phi) is 6.73. The second-order valence-electron chi connectivity index (χ2n) is 10.1. The zero-order valence-corrected chi connectivity index (χ0v) is 19.7. The van der Waals surface area contributed by atoms with Crippen LogP contribution in [-0.4, -0.2) is 22.1 Å². The molecule has 0 atom stereocenters. The van der Waals surface area contributed by atoms with E-state index in [1.165, 1.54) is 5.56 Å². The van der Waals surface area contributed by atoms with Crippen molar-refractivity contribution in [2.24, 2.45) is 5.41 Å². The SMILES string of the molecule is CC(C)(C)C(=O)NCc1nc2ccccc2n1CCCOc1ccc(C(C)(C)C)cc1. The zero-order valence-electron chi connectivity index (χ0n) is 19.7. The molecule has 5 heteroatoms. The van der Waals surface area contributed by atoms with Crippen LogP contribution in [0.3, 0.4) is 0 Å². The first-order valence-electron chi connectivity index (χ1n) is 11.0. The third-order valence-electron chi connectivity index (χ3n) is 5.34. The molecule has 1 amide bonds. The summed E-state index contributed by atoms with van der Waals surface area (Å²) in [5.41, 5.74) is 3.04. The molecule has 0 radical (unpaired) electrons. The van der Waals surface area contributed by atoms with Crippen molar-refractivity contribution >= 4 is 16.9 Å². The van der Waals surface area contributed by atoms with Crippen LogP contribution >= 0.6 is 0 Å². The van der Waals surface area contributed by atoms with Gasteiger partial charge in [0.25, 0.3) is 0 Å². The molecule has 0 bridgehead atoms. The van der Waals surface area contributed by atoms with Gasteiger partial charge in [-0.25, -0.2) is 4.98 Å². The van der Waals surface area contributed by atoms with Crippen molar-refractivity contribution in [2.75, 3.05) is 6.61 Å². The van der Waals surface area contributed by atoms with Crippen LogP contribution in [0.4, 0.5) is 0 Å². The molecule has 0 unspecified atom stereocenters. The molecular formula is C26H35N3O2. The van der Waals surface area contributed by atoms with Gasteiger partial charge < -0.3 is 14.6 Å². The quantitative estimate of drug-likeness (QED) is 0.515. The molecule has 3 rings (SSSR count). The van der Waals surface area contributed by atoms with Crippen molar-refractivity contribution in [3.05, 3.63) is 59.9 Å². The summed E-state index contributed by atoms with van der Waals surface area (Å²) >= 11 is 0. The minimum absolute atomic E-state index is 0.0214. The third-order valence-corrected chi connectivity index (χ3v) is 5.34. The van der Waals surface area contributed by atoms with Gasteiger partial charge in [0.15, 0.2) is 0 Å². The smallest absolute Gasteiger partial charge is 0.225 e. The summed E-state index contributed by atoms with van der Waals surface area (Å²) in [6.07, 6.45) is 0.849. The lowest BCUT2D eigenvalue weighted by Crippen LogP contribution is -2.35. The van der Waals surface area contributed by atoms with Gasteiger partial charge >= 0.3 is 0 Å². The summed E-state index contributed by atoms with van der Waals surface area (Å²) in [5.74, 6) is 1.78. The Morgan fingerprint density at radius 2 is 1.68 bits per heavy atom. The fourth-order valence-corrected chi connectivity index (χ4v) is 3.40. The molecule has 31 heavy (non-hydrogen) atoms. The van der Waals surface area contributed by atoms with Gasteiger partial charge in [-0.15, -0.1) is 0 Å². The Bertz CT molecular complexity index is 1020. The van der Waals surface area contributed by atoms with Crippen LogP contribution in [0.5, 0.6) is 5.75 Å². The van der Waals surface area contributed by atoms with E-state index >= 15 is 0 Å². The third kappa shape index (κ3) is 5.87. The number of benzene rings is 2. The fraction of sp³-hybridized carbons (Fsp3) is 0.462. The first-order valence-corrected chi connectivity index (χ1v) is 11.0. The molecule has 0 aliphatic heterocycles. The molecule has 166 valence electrons. The number of para-hydroxylation sites is 2. The van der Waals surface area contributed by atoms with Crippen molar-refractivity contribution in [3.63, 3.8) is 0 Å². The number of aryl methyl sites for hydroxylation is 1. The minimum Gasteiger partial charge on any atom is -0.494 e. The number of aromatic nitrogens is 2. The number of imidazole rings is 1. The molecule has 0 aliphatic carbocycles. The highest BCUT2D eigenvalue weighted by Crippen LogP contribution is 2.24. The summed E-state index contributed by atoms with van der Waals surface area (Å²) < 4.78 is 8.15.